The standard InChI is InChI=1S/C17H23N/c1-13-5-4-6-17(10-13,12-18)11-16-8-14(2)7-15(3)9-16/h7-9,13H,4-6,10-11H2,1-3H3. The van der Waals surface area contributed by atoms with Gasteiger partial charge in [0, 0.05) is 0 Å². The molecule has 0 N–H and O–H groups in total. The minimum atomic E-state index is -0.113. The van der Waals surface area contributed by atoms with Crippen LogP contribution in [-0.2, 0) is 6.42 Å². The number of rotatable bonds is 2. The quantitative estimate of drug-likeness (QED) is 0.744. The molecular weight excluding hydrogens is 218 g/mol. The summed E-state index contributed by atoms with van der Waals surface area (Å²) < 4.78 is 0. The van der Waals surface area contributed by atoms with Gasteiger partial charge in [-0.25, -0.2) is 0 Å². The van der Waals surface area contributed by atoms with Gasteiger partial charge in [0.25, 0.3) is 0 Å². The molecule has 1 fully saturated rings. The summed E-state index contributed by atoms with van der Waals surface area (Å²) in [6, 6.07) is 9.32. The van der Waals surface area contributed by atoms with Crippen LogP contribution in [0.4, 0.5) is 0 Å². The molecule has 1 heteroatoms. The van der Waals surface area contributed by atoms with Crippen molar-refractivity contribution < 1.29 is 0 Å². The number of nitriles is 1. The Hall–Kier alpha value is -1.29. The van der Waals surface area contributed by atoms with Gasteiger partial charge in [-0.2, -0.15) is 5.26 Å². The van der Waals surface area contributed by atoms with Crippen LogP contribution < -0.4 is 0 Å². The van der Waals surface area contributed by atoms with E-state index in [1.807, 2.05) is 0 Å². The molecule has 1 aromatic rings. The van der Waals surface area contributed by atoms with E-state index in [-0.39, 0.29) is 5.41 Å². The first-order valence-electron chi connectivity index (χ1n) is 7.01. The summed E-state index contributed by atoms with van der Waals surface area (Å²) in [5.41, 5.74) is 3.84. The molecule has 2 rings (SSSR count). The Labute approximate surface area is 111 Å². The van der Waals surface area contributed by atoms with Crippen molar-refractivity contribution in [2.45, 2.75) is 52.9 Å². The Morgan fingerprint density at radius 3 is 2.50 bits per heavy atom. The average Bonchev–Trinajstić information content (AvgIpc) is 2.27. The van der Waals surface area contributed by atoms with Gasteiger partial charge in [0.1, 0.15) is 0 Å². The fourth-order valence-electron chi connectivity index (χ4n) is 3.52. The third-order valence-electron chi connectivity index (χ3n) is 4.15. The third-order valence-corrected chi connectivity index (χ3v) is 4.15. The molecule has 1 aliphatic carbocycles. The topological polar surface area (TPSA) is 23.8 Å². The average molecular weight is 241 g/mol. The molecule has 1 nitrogen and oxygen atoms in total. The number of aryl methyl sites for hydroxylation is 2. The highest BCUT2D eigenvalue weighted by atomic mass is 14.4. The minimum Gasteiger partial charge on any atom is -0.198 e. The predicted molar refractivity (Wildman–Crippen MR) is 75.3 cm³/mol. The first kappa shape index (κ1) is 13.1. The second-order valence-electron chi connectivity index (χ2n) is 6.27. The van der Waals surface area contributed by atoms with Crippen molar-refractivity contribution in [3.63, 3.8) is 0 Å². The number of nitrogens with zero attached hydrogens (tertiary/aromatic N) is 1. The smallest absolute Gasteiger partial charge is 0.0693 e. The fourth-order valence-corrected chi connectivity index (χ4v) is 3.52. The van der Waals surface area contributed by atoms with Crippen LogP contribution in [-0.4, -0.2) is 0 Å². The highest BCUT2D eigenvalue weighted by molar-refractivity contribution is 5.30. The predicted octanol–water partition coefficient (Wildman–Crippen LogP) is 4.57. The van der Waals surface area contributed by atoms with Gasteiger partial charge in [-0.15, -0.1) is 0 Å². The van der Waals surface area contributed by atoms with Gasteiger partial charge in [0.15, 0.2) is 0 Å². The fraction of sp³-hybridized carbons (Fsp3) is 0.588. The van der Waals surface area contributed by atoms with Crippen LogP contribution in [0.3, 0.4) is 0 Å². The second-order valence-corrected chi connectivity index (χ2v) is 6.27. The molecule has 0 heterocycles. The molecule has 2 unspecified atom stereocenters. The Balaban J connectivity index is 2.22. The van der Waals surface area contributed by atoms with Crippen molar-refractivity contribution in [1.82, 2.24) is 0 Å². The second kappa shape index (κ2) is 5.14. The van der Waals surface area contributed by atoms with Gasteiger partial charge < -0.3 is 0 Å². The summed E-state index contributed by atoms with van der Waals surface area (Å²) in [4.78, 5) is 0. The van der Waals surface area contributed by atoms with Crippen LogP contribution in [0.15, 0.2) is 18.2 Å². The van der Waals surface area contributed by atoms with Crippen LogP contribution >= 0.6 is 0 Å². The molecule has 2 atom stereocenters. The maximum atomic E-state index is 9.61. The van der Waals surface area contributed by atoms with Crippen LogP contribution in [0, 0.1) is 36.5 Å². The van der Waals surface area contributed by atoms with Gasteiger partial charge in [0.2, 0.25) is 0 Å². The van der Waals surface area contributed by atoms with Crippen molar-refractivity contribution in [2.75, 3.05) is 0 Å². The summed E-state index contributed by atoms with van der Waals surface area (Å²) >= 11 is 0. The molecule has 1 aliphatic rings. The molecule has 96 valence electrons. The lowest BCUT2D eigenvalue weighted by Crippen LogP contribution is -2.28. The normalized spacial score (nSPS) is 27.8. The van der Waals surface area contributed by atoms with Gasteiger partial charge in [-0.3, -0.25) is 0 Å². The summed E-state index contributed by atoms with van der Waals surface area (Å²) in [7, 11) is 0. The largest absolute Gasteiger partial charge is 0.198 e. The van der Waals surface area contributed by atoms with Crippen LogP contribution in [0.5, 0.6) is 0 Å². The highest BCUT2D eigenvalue weighted by Gasteiger charge is 2.35. The lowest BCUT2D eigenvalue weighted by molar-refractivity contribution is 0.209. The maximum Gasteiger partial charge on any atom is 0.0693 e. The van der Waals surface area contributed by atoms with Crippen LogP contribution in [0.1, 0.15) is 49.3 Å². The molecule has 0 saturated heterocycles. The van der Waals surface area contributed by atoms with Crippen molar-refractivity contribution in [3.8, 4) is 6.07 Å². The molecule has 18 heavy (non-hydrogen) atoms. The number of hydrogen-bond donors (Lipinski definition) is 0. The number of hydrogen-bond acceptors (Lipinski definition) is 1. The van der Waals surface area contributed by atoms with E-state index in [0.717, 1.165) is 19.3 Å². The summed E-state index contributed by atoms with van der Waals surface area (Å²) in [5.74, 6) is 0.698. The van der Waals surface area contributed by atoms with Gasteiger partial charge >= 0.3 is 0 Å². The summed E-state index contributed by atoms with van der Waals surface area (Å²) in [6.45, 7) is 6.56. The van der Waals surface area contributed by atoms with Crippen molar-refractivity contribution in [3.05, 3.63) is 34.9 Å². The zero-order chi connectivity index (χ0) is 13.2. The van der Waals surface area contributed by atoms with E-state index in [1.165, 1.54) is 29.5 Å². The van der Waals surface area contributed by atoms with Crippen molar-refractivity contribution >= 4 is 0 Å². The summed E-state index contributed by atoms with van der Waals surface area (Å²) in [5, 5.41) is 9.61. The molecule has 0 aromatic heterocycles. The molecule has 1 aromatic carbocycles. The molecule has 0 spiro atoms. The monoisotopic (exact) mass is 241 g/mol. The third kappa shape index (κ3) is 2.93. The van der Waals surface area contributed by atoms with E-state index in [1.54, 1.807) is 0 Å². The zero-order valence-corrected chi connectivity index (χ0v) is 11.8. The maximum absolute atomic E-state index is 9.61. The summed E-state index contributed by atoms with van der Waals surface area (Å²) in [6.07, 6.45) is 5.56. The molecule has 1 saturated carbocycles. The van der Waals surface area contributed by atoms with Gasteiger partial charge in [-0.05, 0) is 44.6 Å². The van der Waals surface area contributed by atoms with Gasteiger partial charge in [0.05, 0.1) is 11.5 Å². The molecule has 0 bridgehead atoms. The van der Waals surface area contributed by atoms with Crippen LogP contribution in [0.25, 0.3) is 0 Å². The Morgan fingerprint density at radius 2 is 1.94 bits per heavy atom. The Morgan fingerprint density at radius 1 is 1.28 bits per heavy atom. The Bertz CT molecular complexity index is 449. The SMILES string of the molecule is Cc1cc(C)cc(CC2(C#N)CCCC(C)C2)c1. The Kier molecular flexibility index (Phi) is 3.76. The van der Waals surface area contributed by atoms with E-state index in [9.17, 15) is 5.26 Å². The lowest BCUT2D eigenvalue weighted by atomic mass is 9.68. The van der Waals surface area contributed by atoms with E-state index < -0.39 is 0 Å². The van der Waals surface area contributed by atoms with Gasteiger partial charge in [-0.1, -0.05) is 49.1 Å². The first-order valence-corrected chi connectivity index (χ1v) is 7.01. The van der Waals surface area contributed by atoms with Crippen LogP contribution in [0.2, 0.25) is 0 Å². The van der Waals surface area contributed by atoms with E-state index >= 15 is 0 Å². The molecule has 0 amide bonds. The van der Waals surface area contributed by atoms with E-state index in [2.05, 4.69) is 45.0 Å². The molecule has 0 radical (unpaired) electrons. The highest BCUT2D eigenvalue weighted by Crippen LogP contribution is 2.41. The zero-order valence-electron chi connectivity index (χ0n) is 11.8. The van der Waals surface area contributed by atoms with E-state index in [4.69, 9.17) is 0 Å². The molecule has 0 aliphatic heterocycles. The number of benzene rings is 1. The van der Waals surface area contributed by atoms with E-state index in [0.29, 0.717) is 5.92 Å². The van der Waals surface area contributed by atoms with Crippen molar-refractivity contribution in [2.24, 2.45) is 11.3 Å². The van der Waals surface area contributed by atoms with Crippen molar-refractivity contribution in [1.29, 1.82) is 5.26 Å². The molecular formula is C17H23N. The first-order chi connectivity index (χ1) is 8.53. The lowest BCUT2D eigenvalue weighted by Gasteiger charge is -2.34. The minimum absolute atomic E-state index is 0.113.